The number of hydroxylamine groups is 2. The molecule has 2 N–H and O–H groups in total. The highest BCUT2D eigenvalue weighted by atomic mass is 16.7. The molecule has 0 aliphatic carbocycles. The molecule has 3 heterocycles. The zero-order chi connectivity index (χ0) is 25.6. The monoisotopic (exact) mass is 493 g/mol. The number of hydrogen-bond acceptors (Lipinski definition) is 8. The van der Waals surface area contributed by atoms with Gasteiger partial charge in [-0.3, -0.25) is 14.4 Å². The van der Waals surface area contributed by atoms with Gasteiger partial charge in [-0.05, 0) is 52.3 Å². The van der Waals surface area contributed by atoms with Gasteiger partial charge in [0.15, 0.2) is 5.79 Å². The predicted molar refractivity (Wildman–Crippen MR) is 123 cm³/mol. The second-order valence-electron chi connectivity index (χ2n) is 11.0. The maximum atomic E-state index is 11.7. The van der Waals surface area contributed by atoms with Crippen LogP contribution in [0.1, 0.15) is 59.1 Å². The van der Waals surface area contributed by atoms with Crippen LogP contribution in [0.15, 0.2) is 24.3 Å². The van der Waals surface area contributed by atoms with E-state index in [0.29, 0.717) is 19.4 Å². The fourth-order valence-electron chi connectivity index (χ4n) is 5.17. The maximum absolute atomic E-state index is 11.7. The average molecular weight is 494 g/mol. The van der Waals surface area contributed by atoms with Crippen LogP contribution in [0.2, 0.25) is 0 Å². The van der Waals surface area contributed by atoms with E-state index >= 15 is 0 Å². The lowest BCUT2D eigenvalue weighted by atomic mass is 9.76. The largest absolute Gasteiger partial charge is 0.491 e. The standard InChI is InChI=1S/C25H35NO9/c1-16(17-6-8-18(9-7-17)31-10-19-11-32-19)35-26-22(2,3)12-25(13-23(26,4)5)33-14-24(15-34-25,20(27)28)21(29)30/h6-9,16,19H,10-15H2,1-5H3,(H,27,28)(H,29,30). The van der Waals surface area contributed by atoms with Gasteiger partial charge in [-0.2, -0.15) is 5.06 Å². The van der Waals surface area contributed by atoms with Gasteiger partial charge in [-0.15, -0.1) is 0 Å². The van der Waals surface area contributed by atoms with Crippen molar-refractivity contribution in [2.45, 2.75) is 76.5 Å². The SMILES string of the molecule is CC(ON1C(C)(C)CC2(CC1(C)C)OCC(C(=O)O)(C(=O)O)CO2)c1ccc(OCC2CO2)cc1. The molecule has 1 spiro atoms. The smallest absolute Gasteiger partial charge is 0.325 e. The number of aliphatic carboxylic acids is 2. The molecule has 0 saturated carbocycles. The molecule has 0 aromatic heterocycles. The third kappa shape index (κ3) is 5.17. The molecule has 0 radical (unpaired) electrons. The second-order valence-corrected chi connectivity index (χ2v) is 11.0. The molecule has 0 bridgehead atoms. The first-order valence-electron chi connectivity index (χ1n) is 11.8. The summed E-state index contributed by atoms with van der Waals surface area (Å²) >= 11 is 0. The highest BCUT2D eigenvalue weighted by Crippen LogP contribution is 2.49. The molecule has 10 nitrogen and oxygen atoms in total. The van der Waals surface area contributed by atoms with E-state index in [0.717, 1.165) is 17.9 Å². The number of hydrogen-bond donors (Lipinski definition) is 2. The van der Waals surface area contributed by atoms with Crippen molar-refractivity contribution in [3.63, 3.8) is 0 Å². The molecular weight excluding hydrogens is 458 g/mol. The van der Waals surface area contributed by atoms with E-state index < -0.39 is 47.4 Å². The van der Waals surface area contributed by atoms with E-state index in [1.807, 2.05) is 63.9 Å². The van der Waals surface area contributed by atoms with Crippen molar-refractivity contribution in [2.75, 3.05) is 26.4 Å². The summed E-state index contributed by atoms with van der Waals surface area (Å²) in [5, 5.41) is 20.9. The minimum atomic E-state index is -2.11. The summed E-state index contributed by atoms with van der Waals surface area (Å²) in [6.07, 6.45) is 0.706. The molecule has 10 heteroatoms. The fourth-order valence-corrected chi connectivity index (χ4v) is 5.17. The van der Waals surface area contributed by atoms with Crippen LogP contribution >= 0.6 is 0 Å². The molecule has 2 atom stereocenters. The number of rotatable bonds is 8. The van der Waals surface area contributed by atoms with Crippen LogP contribution in [0, 0.1) is 5.41 Å². The molecule has 3 fully saturated rings. The summed E-state index contributed by atoms with van der Waals surface area (Å²) in [7, 11) is 0. The number of benzene rings is 1. The number of ether oxygens (including phenoxy) is 4. The van der Waals surface area contributed by atoms with E-state index in [2.05, 4.69) is 0 Å². The number of nitrogens with zero attached hydrogens (tertiary/aromatic N) is 1. The Labute approximate surface area is 205 Å². The molecule has 35 heavy (non-hydrogen) atoms. The Bertz CT molecular complexity index is 910. The first kappa shape index (κ1) is 25.8. The highest BCUT2D eigenvalue weighted by Gasteiger charge is 2.61. The quantitative estimate of drug-likeness (QED) is 0.412. The Morgan fingerprint density at radius 1 is 1.03 bits per heavy atom. The van der Waals surface area contributed by atoms with Gasteiger partial charge in [-0.25, -0.2) is 0 Å². The lowest BCUT2D eigenvalue weighted by Gasteiger charge is -2.59. The average Bonchev–Trinajstić information content (AvgIpc) is 3.59. The minimum absolute atomic E-state index is 0.200. The highest BCUT2D eigenvalue weighted by molar-refractivity contribution is 5.98. The molecule has 3 saturated heterocycles. The predicted octanol–water partition coefficient (Wildman–Crippen LogP) is 3.01. The fraction of sp³-hybridized carbons (Fsp3) is 0.680. The van der Waals surface area contributed by atoms with Crippen molar-refractivity contribution in [3.8, 4) is 5.75 Å². The molecule has 3 aliphatic rings. The topological polar surface area (TPSA) is 127 Å². The normalized spacial score (nSPS) is 27.2. The van der Waals surface area contributed by atoms with Crippen LogP contribution in [0.25, 0.3) is 0 Å². The number of carbonyl (C=O) groups is 2. The van der Waals surface area contributed by atoms with E-state index in [4.69, 9.17) is 23.8 Å². The van der Waals surface area contributed by atoms with E-state index in [1.54, 1.807) is 0 Å². The second kappa shape index (κ2) is 9.01. The van der Waals surface area contributed by atoms with Gasteiger partial charge in [-0.1, -0.05) is 12.1 Å². The Balaban J connectivity index is 1.44. The molecule has 2 unspecified atom stereocenters. The Morgan fingerprint density at radius 3 is 2.00 bits per heavy atom. The van der Waals surface area contributed by atoms with Crippen LogP contribution in [0.3, 0.4) is 0 Å². The number of epoxide rings is 1. The van der Waals surface area contributed by atoms with Crippen molar-refractivity contribution < 1.29 is 43.6 Å². The lowest BCUT2D eigenvalue weighted by molar-refractivity contribution is -0.385. The summed E-state index contributed by atoms with van der Waals surface area (Å²) in [5.41, 5.74) is -2.24. The van der Waals surface area contributed by atoms with Gasteiger partial charge in [0.05, 0.1) is 19.8 Å². The molecular formula is C25H35NO9. The number of carboxylic acid groups (broad SMARTS) is 2. The van der Waals surface area contributed by atoms with Gasteiger partial charge in [0.1, 0.15) is 24.6 Å². The van der Waals surface area contributed by atoms with Crippen LogP contribution < -0.4 is 4.74 Å². The van der Waals surface area contributed by atoms with Gasteiger partial charge in [0, 0.05) is 23.9 Å². The Morgan fingerprint density at radius 2 is 1.54 bits per heavy atom. The molecule has 1 aromatic carbocycles. The summed E-state index contributed by atoms with van der Waals surface area (Å²) in [5.74, 6) is -3.26. The summed E-state index contributed by atoms with van der Waals surface area (Å²) < 4.78 is 22.7. The first-order chi connectivity index (χ1) is 16.3. The summed E-state index contributed by atoms with van der Waals surface area (Å²) in [6.45, 7) is 10.4. The minimum Gasteiger partial charge on any atom is -0.491 e. The van der Waals surface area contributed by atoms with E-state index in [9.17, 15) is 19.8 Å². The number of piperidine rings is 1. The van der Waals surface area contributed by atoms with Crippen molar-refractivity contribution in [3.05, 3.63) is 29.8 Å². The Kier molecular flexibility index (Phi) is 6.65. The summed E-state index contributed by atoms with van der Waals surface area (Å²) in [4.78, 5) is 29.8. The van der Waals surface area contributed by atoms with E-state index in [1.165, 1.54) is 0 Å². The van der Waals surface area contributed by atoms with Crippen molar-refractivity contribution in [1.82, 2.24) is 5.06 Å². The third-order valence-corrected chi connectivity index (χ3v) is 6.94. The third-order valence-electron chi connectivity index (χ3n) is 6.94. The lowest BCUT2D eigenvalue weighted by Crippen LogP contribution is -2.69. The zero-order valence-electron chi connectivity index (χ0n) is 20.9. The van der Waals surface area contributed by atoms with Gasteiger partial charge >= 0.3 is 11.9 Å². The molecule has 0 amide bonds. The Hall–Kier alpha value is -2.24. The van der Waals surface area contributed by atoms with Crippen LogP contribution in [-0.2, 0) is 28.6 Å². The van der Waals surface area contributed by atoms with Crippen molar-refractivity contribution >= 4 is 11.9 Å². The van der Waals surface area contributed by atoms with Gasteiger partial charge in [0.25, 0.3) is 0 Å². The zero-order valence-corrected chi connectivity index (χ0v) is 20.9. The number of carboxylic acids is 2. The van der Waals surface area contributed by atoms with E-state index in [-0.39, 0.29) is 12.2 Å². The van der Waals surface area contributed by atoms with Gasteiger partial charge in [0.2, 0.25) is 5.41 Å². The van der Waals surface area contributed by atoms with Gasteiger partial charge < -0.3 is 29.2 Å². The van der Waals surface area contributed by atoms with Crippen LogP contribution in [0.5, 0.6) is 5.75 Å². The molecule has 194 valence electrons. The van der Waals surface area contributed by atoms with Crippen LogP contribution in [0.4, 0.5) is 0 Å². The summed E-state index contributed by atoms with van der Waals surface area (Å²) in [6, 6.07) is 7.79. The van der Waals surface area contributed by atoms with Crippen molar-refractivity contribution in [2.24, 2.45) is 5.41 Å². The first-order valence-corrected chi connectivity index (χ1v) is 11.8. The molecule has 1 aromatic rings. The van der Waals surface area contributed by atoms with Crippen LogP contribution in [-0.4, -0.2) is 76.6 Å². The molecule has 3 aliphatic heterocycles. The maximum Gasteiger partial charge on any atom is 0.325 e. The van der Waals surface area contributed by atoms with Crippen molar-refractivity contribution in [1.29, 1.82) is 0 Å². The molecule has 4 rings (SSSR count).